The normalized spacial score (nSPS) is 11.2. The van der Waals surface area contributed by atoms with E-state index < -0.39 is 26.6 Å². The molecule has 0 aliphatic rings. The van der Waals surface area contributed by atoms with E-state index >= 15 is 0 Å². The zero-order valence-electron chi connectivity index (χ0n) is 10.9. The predicted molar refractivity (Wildman–Crippen MR) is 70.4 cm³/mol. The second-order valence-corrected chi connectivity index (χ2v) is 5.52. The standard InChI is InChI=1S/C12H11F2N3O3S/c1-2-20-12-15-6-9(7-16-12)17-21(18,19)11-4-3-8(13)5-10(11)14/h3-7,17H,2H2,1H3. The van der Waals surface area contributed by atoms with Crippen molar-refractivity contribution in [1.29, 1.82) is 0 Å². The van der Waals surface area contributed by atoms with Crippen molar-refractivity contribution < 1.29 is 21.9 Å². The van der Waals surface area contributed by atoms with Crippen LogP contribution < -0.4 is 9.46 Å². The van der Waals surface area contributed by atoms with Crippen molar-refractivity contribution in [3.8, 4) is 6.01 Å². The predicted octanol–water partition coefficient (Wildman–Crippen LogP) is 1.95. The maximum atomic E-state index is 13.5. The van der Waals surface area contributed by atoms with Gasteiger partial charge in [0.05, 0.1) is 24.7 Å². The summed E-state index contributed by atoms with van der Waals surface area (Å²) in [7, 11) is -4.20. The van der Waals surface area contributed by atoms with E-state index in [1.165, 1.54) is 12.4 Å². The molecule has 0 atom stereocenters. The number of aromatic nitrogens is 2. The van der Waals surface area contributed by atoms with Crippen LogP contribution in [0.3, 0.4) is 0 Å². The van der Waals surface area contributed by atoms with Gasteiger partial charge < -0.3 is 4.74 Å². The molecule has 112 valence electrons. The van der Waals surface area contributed by atoms with Crippen LogP contribution in [0.25, 0.3) is 0 Å². The van der Waals surface area contributed by atoms with Crippen LogP contribution in [0.15, 0.2) is 35.5 Å². The third-order valence-corrected chi connectivity index (χ3v) is 3.75. The number of halogens is 2. The zero-order chi connectivity index (χ0) is 15.5. The number of benzene rings is 1. The molecule has 1 aromatic carbocycles. The summed E-state index contributed by atoms with van der Waals surface area (Å²) in [5.74, 6) is -2.05. The number of rotatable bonds is 5. The van der Waals surface area contributed by atoms with E-state index in [1.807, 2.05) is 0 Å². The quantitative estimate of drug-likeness (QED) is 0.912. The van der Waals surface area contributed by atoms with Gasteiger partial charge in [-0.25, -0.2) is 27.2 Å². The Labute approximate surface area is 119 Å². The molecule has 0 amide bonds. The molecular weight excluding hydrogens is 304 g/mol. The molecule has 0 saturated carbocycles. The van der Waals surface area contributed by atoms with Gasteiger partial charge in [-0.3, -0.25) is 4.72 Å². The van der Waals surface area contributed by atoms with Gasteiger partial charge in [0.25, 0.3) is 10.0 Å². The van der Waals surface area contributed by atoms with E-state index in [4.69, 9.17) is 4.74 Å². The lowest BCUT2D eigenvalue weighted by Gasteiger charge is -2.08. The van der Waals surface area contributed by atoms with Crippen LogP contribution in [-0.2, 0) is 10.0 Å². The summed E-state index contributed by atoms with van der Waals surface area (Å²) in [6, 6.07) is 2.27. The summed E-state index contributed by atoms with van der Waals surface area (Å²) in [6.07, 6.45) is 2.36. The van der Waals surface area contributed by atoms with Crippen LogP contribution in [0.5, 0.6) is 6.01 Å². The minimum absolute atomic E-state index is 0.0298. The fourth-order valence-corrected chi connectivity index (χ4v) is 2.56. The molecule has 9 heteroatoms. The molecule has 21 heavy (non-hydrogen) atoms. The van der Waals surface area contributed by atoms with E-state index in [0.717, 1.165) is 12.1 Å². The first-order valence-corrected chi connectivity index (χ1v) is 7.33. The van der Waals surface area contributed by atoms with Crippen LogP contribution in [-0.4, -0.2) is 25.0 Å². The Balaban J connectivity index is 2.24. The Kier molecular flexibility index (Phi) is 4.32. The summed E-state index contributed by atoms with van der Waals surface area (Å²) in [4.78, 5) is 6.87. The molecule has 0 aliphatic heterocycles. The smallest absolute Gasteiger partial charge is 0.316 e. The van der Waals surface area contributed by atoms with Gasteiger partial charge in [0, 0.05) is 6.07 Å². The van der Waals surface area contributed by atoms with Crippen molar-refractivity contribution in [1.82, 2.24) is 9.97 Å². The fraction of sp³-hybridized carbons (Fsp3) is 0.167. The Morgan fingerprint density at radius 1 is 1.24 bits per heavy atom. The number of hydrogen-bond acceptors (Lipinski definition) is 5. The van der Waals surface area contributed by atoms with Crippen LogP contribution in [0.1, 0.15) is 6.92 Å². The average molecular weight is 315 g/mol. The topological polar surface area (TPSA) is 81.2 Å². The number of anilines is 1. The van der Waals surface area contributed by atoms with Crippen LogP contribution in [0.2, 0.25) is 0 Å². The summed E-state index contributed by atoms with van der Waals surface area (Å²) < 4.78 is 57.4. The van der Waals surface area contributed by atoms with E-state index in [-0.39, 0.29) is 11.7 Å². The number of sulfonamides is 1. The van der Waals surface area contributed by atoms with E-state index in [0.29, 0.717) is 12.7 Å². The minimum atomic E-state index is -4.20. The van der Waals surface area contributed by atoms with Crippen LogP contribution >= 0.6 is 0 Å². The van der Waals surface area contributed by atoms with Crippen molar-refractivity contribution in [2.75, 3.05) is 11.3 Å². The van der Waals surface area contributed by atoms with Gasteiger partial charge in [-0.05, 0) is 19.1 Å². The third-order valence-electron chi connectivity index (χ3n) is 2.34. The van der Waals surface area contributed by atoms with Gasteiger partial charge in [-0.2, -0.15) is 0 Å². The van der Waals surface area contributed by atoms with Gasteiger partial charge in [0.1, 0.15) is 16.5 Å². The summed E-state index contributed by atoms with van der Waals surface area (Å²) in [5, 5.41) is 0. The van der Waals surface area contributed by atoms with Gasteiger partial charge >= 0.3 is 6.01 Å². The molecule has 0 aliphatic carbocycles. The highest BCUT2D eigenvalue weighted by Gasteiger charge is 2.20. The average Bonchev–Trinajstić information content (AvgIpc) is 2.40. The molecule has 2 aromatic rings. The first-order valence-electron chi connectivity index (χ1n) is 5.85. The Bertz CT molecular complexity index is 736. The highest BCUT2D eigenvalue weighted by atomic mass is 32.2. The Morgan fingerprint density at radius 3 is 2.48 bits per heavy atom. The third kappa shape index (κ3) is 3.63. The van der Waals surface area contributed by atoms with Crippen LogP contribution in [0, 0.1) is 11.6 Å². The molecule has 1 aromatic heterocycles. The second-order valence-electron chi connectivity index (χ2n) is 3.87. The van der Waals surface area contributed by atoms with Gasteiger partial charge in [-0.15, -0.1) is 0 Å². The Hall–Kier alpha value is -2.29. The molecular formula is C12H11F2N3O3S. The van der Waals surface area contributed by atoms with Crippen molar-refractivity contribution >= 4 is 15.7 Å². The van der Waals surface area contributed by atoms with Crippen molar-refractivity contribution in [2.45, 2.75) is 11.8 Å². The second kappa shape index (κ2) is 6.00. The molecule has 6 nitrogen and oxygen atoms in total. The lowest BCUT2D eigenvalue weighted by Crippen LogP contribution is -2.15. The first kappa shape index (κ1) is 15.1. The summed E-state index contributed by atoms with van der Waals surface area (Å²) in [5.41, 5.74) is 0.0298. The highest BCUT2D eigenvalue weighted by Crippen LogP contribution is 2.19. The van der Waals surface area contributed by atoms with E-state index in [1.54, 1.807) is 6.92 Å². The number of ether oxygens (including phenoxy) is 1. The molecule has 0 radical (unpaired) electrons. The maximum absolute atomic E-state index is 13.5. The summed E-state index contributed by atoms with van der Waals surface area (Å²) >= 11 is 0. The Morgan fingerprint density at radius 2 is 1.90 bits per heavy atom. The van der Waals surface area contributed by atoms with E-state index in [9.17, 15) is 17.2 Å². The molecule has 0 fully saturated rings. The van der Waals surface area contributed by atoms with Gasteiger partial charge in [-0.1, -0.05) is 0 Å². The highest BCUT2D eigenvalue weighted by molar-refractivity contribution is 7.92. The van der Waals surface area contributed by atoms with Gasteiger partial charge in [0.15, 0.2) is 0 Å². The van der Waals surface area contributed by atoms with Crippen molar-refractivity contribution in [3.63, 3.8) is 0 Å². The number of nitrogens with zero attached hydrogens (tertiary/aromatic N) is 2. The molecule has 0 bridgehead atoms. The molecule has 0 unspecified atom stereocenters. The van der Waals surface area contributed by atoms with Gasteiger partial charge in [0.2, 0.25) is 0 Å². The monoisotopic (exact) mass is 315 g/mol. The number of nitrogens with one attached hydrogen (secondary N) is 1. The maximum Gasteiger partial charge on any atom is 0.316 e. The molecule has 1 heterocycles. The van der Waals surface area contributed by atoms with Crippen LogP contribution in [0.4, 0.5) is 14.5 Å². The molecule has 1 N–H and O–H groups in total. The SMILES string of the molecule is CCOc1ncc(NS(=O)(=O)c2ccc(F)cc2F)cn1. The summed E-state index contributed by atoms with van der Waals surface area (Å²) in [6.45, 7) is 2.11. The van der Waals surface area contributed by atoms with Crippen molar-refractivity contribution in [2.24, 2.45) is 0 Å². The van der Waals surface area contributed by atoms with Crippen molar-refractivity contribution in [3.05, 3.63) is 42.2 Å². The molecule has 0 spiro atoms. The largest absolute Gasteiger partial charge is 0.464 e. The van der Waals surface area contributed by atoms with E-state index in [2.05, 4.69) is 14.7 Å². The zero-order valence-corrected chi connectivity index (χ0v) is 11.7. The molecule has 0 saturated heterocycles. The molecule has 2 rings (SSSR count). The number of hydrogen-bond donors (Lipinski definition) is 1. The lowest BCUT2D eigenvalue weighted by molar-refractivity contribution is 0.312. The minimum Gasteiger partial charge on any atom is -0.464 e. The first-order chi connectivity index (χ1) is 9.92. The lowest BCUT2D eigenvalue weighted by atomic mass is 10.3. The fourth-order valence-electron chi connectivity index (χ4n) is 1.48.